The van der Waals surface area contributed by atoms with Crippen LogP contribution in [-0.2, 0) is 0 Å². The van der Waals surface area contributed by atoms with E-state index in [4.69, 9.17) is 5.73 Å². The molecular weight excluding hydrogens is 201 g/mol. The van der Waals surface area contributed by atoms with Crippen molar-refractivity contribution < 1.29 is 4.70 Å². The monoisotopic (exact) mass is 233 g/mol. The van der Waals surface area contributed by atoms with Crippen LogP contribution in [0.5, 0.6) is 0 Å². The normalized spacial score (nSPS) is 11.2. The first-order valence-electron chi connectivity index (χ1n) is 6.85. The molecule has 2 N–H and O–H groups in total. The quantitative estimate of drug-likeness (QED) is 0.539. The Kier molecular flexibility index (Phi) is 13.0. The Bertz CT molecular complexity index is 129. The minimum Gasteiger partial charge on any atom is -0.326 e. The number of halogens is 1. The third-order valence-electron chi connectivity index (χ3n) is 2.92. The highest BCUT2D eigenvalue weighted by molar-refractivity contribution is 4.70. The molecule has 0 saturated carbocycles. The predicted molar refractivity (Wildman–Crippen MR) is 72.6 cm³/mol. The fourth-order valence-corrected chi connectivity index (χ4v) is 1.89. The zero-order valence-corrected chi connectivity index (χ0v) is 11.6. The van der Waals surface area contributed by atoms with Crippen LogP contribution in [0.25, 0.3) is 0 Å². The lowest BCUT2D eigenvalue weighted by molar-refractivity contribution is 0.440. The molecule has 0 aliphatic carbocycles. The van der Waals surface area contributed by atoms with E-state index in [-0.39, 0.29) is 10.2 Å². The van der Waals surface area contributed by atoms with Crippen LogP contribution in [0.3, 0.4) is 0 Å². The van der Waals surface area contributed by atoms with Gasteiger partial charge in [-0.3, -0.25) is 4.70 Å². The van der Waals surface area contributed by atoms with Crippen molar-refractivity contribution >= 4 is 0 Å². The molecular formula is C14H32FN. The molecule has 1 nitrogen and oxygen atoms in total. The van der Waals surface area contributed by atoms with Crippen LogP contribution in [0, 0.1) is 0 Å². The maximum absolute atomic E-state index is 5.93. The van der Waals surface area contributed by atoms with Crippen LogP contribution in [-0.4, -0.2) is 5.54 Å². The second-order valence-corrected chi connectivity index (χ2v) is 5.57. The van der Waals surface area contributed by atoms with E-state index in [0.717, 1.165) is 0 Å². The molecule has 0 unspecified atom stereocenters. The van der Waals surface area contributed by atoms with Crippen LogP contribution >= 0.6 is 0 Å². The van der Waals surface area contributed by atoms with Crippen molar-refractivity contribution in [3.8, 4) is 0 Å². The predicted octanol–water partition coefficient (Wildman–Crippen LogP) is 4.80. The lowest BCUT2D eigenvalue weighted by Crippen LogP contribution is -2.31. The van der Waals surface area contributed by atoms with Gasteiger partial charge in [0.05, 0.1) is 0 Å². The molecule has 0 heterocycles. The van der Waals surface area contributed by atoms with Gasteiger partial charge >= 0.3 is 0 Å². The van der Waals surface area contributed by atoms with Crippen molar-refractivity contribution in [3.05, 3.63) is 0 Å². The summed E-state index contributed by atoms with van der Waals surface area (Å²) in [6.07, 6.45) is 13.8. The Morgan fingerprint density at radius 1 is 0.750 bits per heavy atom. The van der Waals surface area contributed by atoms with Crippen LogP contribution in [0.1, 0.15) is 85.0 Å². The summed E-state index contributed by atoms with van der Waals surface area (Å²) < 4.78 is 0. The third kappa shape index (κ3) is 16.3. The molecule has 16 heavy (non-hydrogen) atoms. The maximum atomic E-state index is 5.93. The van der Waals surface area contributed by atoms with Gasteiger partial charge in [0.2, 0.25) is 0 Å². The van der Waals surface area contributed by atoms with Gasteiger partial charge in [0, 0.05) is 5.54 Å². The standard InChI is InChI=1S/C14H31N.FH/c1-4-5-6-7-8-9-10-11-12-13-14(2,3)15;/h4-13,15H2,1-3H3;1H. The molecule has 0 aromatic carbocycles. The molecule has 0 aliphatic heterocycles. The van der Waals surface area contributed by atoms with Gasteiger partial charge in [-0.1, -0.05) is 64.7 Å². The van der Waals surface area contributed by atoms with Crippen molar-refractivity contribution in [1.82, 2.24) is 0 Å². The second-order valence-electron chi connectivity index (χ2n) is 5.57. The first-order valence-corrected chi connectivity index (χ1v) is 6.85. The smallest absolute Gasteiger partial charge is 0.00970 e. The minimum atomic E-state index is 0. The lowest BCUT2D eigenvalue weighted by atomic mass is 9.97. The molecule has 0 spiro atoms. The summed E-state index contributed by atoms with van der Waals surface area (Å²) in [5, 5.41) is 0. The number of unbranched alkanes of at least 4 members (excludes halogenated alkanes) is 8. The lowest BCUT2D eigenvalue weighted by Gasteiger charge is -2.17. The second kappa shape index (κ2) is 11.4. The number of hydrogen-bond acceptors (Lipinski definition) is 1. The van der Waals surface area contributed by atoms with Crippen molar-refractivity contribution in [3.63, 3.8) is 0 Å². The molecule has 0 fully saturated rings. The summed E-state index contributed by atoms with van der Waals surface area (Å²) in [4.78, 5) is 0. The zero-order valence-electron chi connectivity index (χ0n) is 11.6. The fraction of sp³-hybridized carbons (Fsp3) is 1.00. The minimum absolute atomic E-state index is 0. The number of hydrogen-bond donors (Lipinski definition) is 1. The summed E-state index contributed by atoms with van der Waals surface area (Å²) in [6.45, 7) is 6.52. The Labute approximate surface area is 102 Å². The summed E-state index contributed by atoms with van der Waals surface area (Å²) in [5.41, 5.74) is 5.97. The molecule has 100 valence electrons. The molecule has 0 bridgehead atoms. The topological polar surface area (TPSA) is 26.0 Å². The van der Waals surface area contributed by atoms with Gasteiger partial charge in [0.1, 0.15) is 0 Å². The Hall–Kier alpha value is -0.110. The Morgan fingerprint density at radius 2 is 1.12 bits per heavy atom. The third-order valence-corrected chi connectivity index (χ3v) is 2.92. The Morgan fingerprint density at radius 3 is 1.50 bits per heavy atom. The van der Waals surface area contributed by atoms with E-state index in [2.05, 4.69) is 20.8 Å². The van der Waals surface area contributed by atoms with Crippen LogP contribution in [0.2, 0.25) is 0 Å². The summed E-state index contributed by atoms with van der Waals surface area (Å²) in [7, 11) is 0. The van der Waals surface area contributed by atoms with E-state index >= 15 is 0 Å². The molecule has 0 aromatic rings. The molecule has 0 aromatic heterocycles. The van der Waals surface area contributed by atoms with Gasteiger partial charge < -0.3 is 5.73 Å². The van der Waals surface area contributed by atoms with Gasteiger partial charge in [0.25, 0.3) is 0 Å². The average molecular weight is 233 g/mol. The van der Waals surface area contributed by atoms with Gasteiger partial charge in [-0.2, -0.15) is 0 Å². The molecule has 2 heteroatoms. The summed E-state index contributed by atoms with van der Waals surface area (Å²) in [6, 6.07) is 0. The van der Waals surface area contributed by atoms with E-state index in [1.165, 1.54) is 64.2 Å². The van der Waals surface area contributed by atoms with E-state index in [1.807, 2.05) is 0 Å². The van der Waals surface area contributed by atoms with E-state index in [9.17, 15) is 0 Å². The van der Waals surface area contributed by atoms with Crippen molar-refractivity contribution in [1.29, 1.82) is 0 Å². The molecule has 0 radical (unpaired) electrons. The number of nitrogens with two attached hydrogens (primary N) is 1. The molecule has 0 rings (SSSR count). The summed E-state index contributed by atoms with van der Waals surface area (Å²) >= 11 is 0. The van der Waals surface area contributed by atoms with Crippen molar-refractivity contribution in [2.24, 2.45) is 5.73 Å². The van der Waals surface area contributed by atoms with Crippen LogP contribution < -0.4 is 5.73 Å². The van der Waals surface area contributed by atoms with Crippen molar-refractivity contribution in [2.45, 2.75) is 90.5 Å². The fourth-order valence-electron chi connectivity index (χ4n) is 1.89. The maximum Gasteiger partial charge on any atom is 0.00970 e. The van der Waals surface area contributed by atoms with Gasteiger partial charge in [-0.15, -0.1) is 0 Å². The molecule has 0 aliphatic rings. The number of rotatable bonds is 10. The summed E-state index contributed by atoms with van der Waals surface area (Å²) in [5.74, 6) is 0. The average Bonchev–Trinajstić information content (AvgIpc) is 2.14. The van der Waals surface area contributed by atoms with E-state index in [1.54, 1.807) is 0 Å². The van der Waals surface area contributed by atoms with Crippen molar-refractivity contribution in [2.75, 3.05) is 0 Å². The van der Waals surface area contributed by atoms with Crippen LogP contribution in [0.4, 0.5) is 4.70 Å². The first-order chi connectivity index (χ1) is 7.06. The highest BCUT2D eigenvalue weighted by atomic mass is 19.0. The van der Waals surface area contributed by atoms with Crippen LogP contribution in [0.15, 0.2) is 0 Å². The highest BCUT2D eigenvalue weighted by Crippen LogP contribution is 2.13. The SMILES string of the molecule is CCCCCCCCCCCC(C)(C)N.F. The van der Waals surface area contributed by atoms with Gasteiger partial charge in [-0.25, -0.2) is 0 Å². The van der Waals surface area contributed by atoms with Gasteiger partial charge in [0.15, 0.2) is 0 Å². The molecule has 0 atom stereocenters. The van der Waals surface area contributed by atoms with Gasteiger partial charge in [-0.05, 0) is 20.3 Å². The zero-order chi connectivity index (χ0) is 11.6. The first kappa shape index (κ1) is 18.3. The molecule has 0 saturated heterocycles. The highest BCUT2D eigenvalue weighted by Gasteiger charge is 2.08. The van der Waals surface area contributed by atoms with E-state index < -0.39 is 0 Å². The van der Waals surface area contributed by atoms with E-state index in [0.29, 0.717) is 0 Å². The molecule has 0 amide bonds. The Balaban J connectivity index is 0. The largest absolute Gasteiger partial charge is 0.326 e.